The first-order valence-electron chi connectivity index (χ1n) is 9.13. The van der Waals surface area contributed by atoms with Crippen LogP contribution in [0.5, 0.6) is 0 Å². The van der Waals surface area contributed by atoms with Crippen LogP contribution in [0.3, 0.4) is 0 Å². The lowest BCUT2D eigenvalue weighted by Gasteiger charge is -2.58. The average molecular weight is 346 g/mol. The summed E-state index contributed by atoms with van der Waals surface area (Å²) in [6, 6.07) is 0. The van der Waals surface area contributed by atoms with Gasteiger partial charge in [0.25, 0.3) is 0 Å². The second-order valence-electron chi connectivity index (χ2n) is 8.77. The van der Waals surface area contributed by atoms with Crippen LogP contribution in [-0.4, -0.2) is 17.7 Å². The fraction of sp³-hybridized carbons (Fsp3) is 0.619. The molecule has 0 bridgehead atoms. The summed E-state index contributed by atoms with van der Waals surface area (Å²) in [5, 5.41) is 0. The van der Waals surface area contributed by atoms with E-state index in [1.807, 2.05) is 26.8 Å². The van der Waals surface area contributed by atoms with E-state index in [1.54, 1.807) is 0 Å². The van der Waals surface area contributed by atoms with E-state index in [0.29, 0.717) is 18.4 Å². The van der Waals surface area contributed by atoms with Crippen molar-refractivity contribution in [3.63, 3.8) is 0 Å². The summed E-state index contributed by atoms with van der Waals surface area (Å²) in [6.07, 6.45) is 3.34. The Labute approximate surface area is 147 Å². The molecule has 4 aliphatic rings. The number of rotatable bonds is 0. The lowest BCUT2D eigenvalue weighted by Crippen LogP contribution is -2.52. The normalized spacial score (nSPS) is 49.2. The number of hydrogen-bond donors (Lipinski definition) is 0. The Balaban J connectivity index is 1.86. The monoisotopic (exact) mass is 346 g/mol. The second kappa shape index (κ2) is 4.99. The first-order valence-corrected chi connectivity index (χ1v) is 9.13. The topological polar surface area (TPSA) is 34.1 Å². The van der Waals surface area contributed by atoms with E-state index in [1.165, 1.54) is 6.08 Å². The third-order valence-electron chi connectivity index (χ3n) is 7.77. The maximum atomic E-state index is 14.7. The number of carbonyl (C=O) groups excluding carboxylic acids is 2. The summed E-state index contributed by atoms with van der Waals surface area (Å²) >= 11 is 0. The Morgan fingerprint density at radius 1 is 1.24 bits per heavy atom. The number of halogens is 2. The van der Waals surface area contributed by atoms with Crippen molar-refractivity contribution in [3.8, 4) is 0 Å². The van der Waals surface area contributed by atoms with Crippen LogP contribution in [0.4, 0.5) is 8.78 Å². The molecule has 0 aromatic carbocycles. The van der Waals surface area contributed by atoms with Gasteiger partial charge in [-0.1, -0.05) is 39.0 Å². The van der Waals surface area contributed by atoms with Crippen LogP contribution >= 0.6 is 0 Å². The Kier molecular flexibility index (Phi) is 3.36. The largest absolute Gasteiger partial charge is 0.296 e. The average Bonchev–Trinajstić information content (AvgIpc) is 2.80. The minimum absolute atomic E-state index is 0.0159. The lowest BCUT2D eigenvalue weighted by atomic mass is 9.45. The summed E-state index contributed by atoms with van der Waals surface area (Å²) in [6.45, 7) is 9.99. The van der Waals surface area contributed by atoms with Crippen LogP contribution in [0, 0.1) is 34.5 Å². The van der Waals surface area contributed by atoms with Crippen molar-refractivity contribution in [1.82, 2.24) is 0 Å². The van der Waals surface area contributed by atoms with Gasteiger partial charge in [0.1, 0.15) is 0 Å². The molecule has 4 rings (SSSR count). The fourth-order valence-corrected chi connectivity index (χ4v) is 6.32. The van der Waals surface area contributed by atoms with Crippen molar-refractivity contribution < 1.29 is 18.4 Å². The molecule has 0 radical (unpaired) electrons. The fourth-order valence-electron chi connectivity index (χ4n) is 6.32. The van der Waals surface area contributed by atoms with Gasteiger partial charge in [-0.3, -0.25) is 9.59 Å². The highest BCUT2D eigenvalue weighted by molar-refractivity contribution is 6.04. The van der Waals surface area contributed by atoms with Crippen molar-refractivity contribution in [2.24, 2.45) is 34.5 Å². The zero-order chi connectivity index (χ0) is 18.3. The Bertz CT molecular complexity index is 764. The van der Waals surface area contributed by atoms with Crippen LogP contribution in [0.25, 0.3) is 0 Å². The number of allylic oxidation sites excluding steroid dienone is 5. The van der Waals surface area contributed by atoms with E-state index in [-0.39, 0.29) is 35.9 Å². The predicted molar refractivity (Wildman–Crippen MR) is 91.0 cm³/mol. The van der Waals surface area contributed by atoms with Crippen LogP contribution in [0.15, 0.2) is 35.7 Å². The standard InChI is InChI=1S/C21H24F2O2/c1-10-11(2)17-18(23)15(24)6-8-20(17,3)12-5-7-21(4)13(16(10)12)9-14(22)19(21)25/h6,8,11-14,16H,1,5,7,9H2,2-4H3/t11?,12-,13-,14?,16+,20+,21-/m0/s1. The van der Waals surface area contributed by atoms with Crippen LogP contribution in [-0.2, 0) is 9.59 Å². The van der Waals surface area contributed by atoms with E-state index >= 15 is 0 Å². The van der Waals surface area contributed by atoms with Gasteiger partial charge in [0, 0.05) is 16.7 Å². The van der Waals surface area contributed by atoms with Crippen LogP contribution in [0.2, 0.25) is 0 Å². The maximum Gasteiger partial charge on any atom is 0.213 e. The smallest absolute Gasteiger partial charge is 0.213 e. The van der Waals surface area contributed by atoms with Crippen molar-refractivity contribution in [1.29, 1.82) is 0 Å². The molecule has 0 spiro atoms. The molecule has 2 nitrogen and oxygen atoms in total. The molecule has 0 amide bonds. The minimum Gasteiger partial charge on any atom is -0.296 e. The molecule has 0 aromatic rings. The molecular weight excluding hydrogens is 322 g/mol. The summed E-state index contributed by atoms with van der Waals surface area (Å²) in [4.78, 5) is 24.3. The number of Topliss-reactive ketones (excluding diaryl/α,β-unsaturated/α-hetero) is 1. The molecule has 0 aromatic heterocycles. The van der Waals surface area contributed by atoms with Crippen molar-refractivity contribution in [3.05, 3.63) is 35.7 Å². The highest BCUT2D eigenvalue weighted by atomic mass is 19.1. The Morgan fingerprint density at radius 3 is 2.60 bits per heavy atom. The van der Waals surface area contributed by atoms with Gasteiger partial charge in [-0.25, -0.2) is 8.78 Å². The highest BCUT2D eigenvalue weighted by Gasteiger charge is 2.63. The van der Waals surface area contributed by atoms with Crippen molar-refractivity contribution in [2.45, 2.75) is 46.2 Å². The first kappa shape index (κ1) is 16.9. The molecular formula is C21H24F2O2. The SMILES string of the molecule is C=C1C(C)C2=C(F)C(=O)C=C[C@]2(C)[C@H]2CC[C@]3(C)C(=O)C(F)C[C@H]3[C@H]12. The molecule has 0 N–H and O–H groups in total. The maximum absolute atomic E-state index is 14.7. The third kappa shape index (κ3) is 1.89. The molecule has 4 heteroatoms. The number of carbonyl (C=O) groups is 2. The molecule has 0 saturated heterocycles. The van der Waals surface area contributed by atoms with E-state index in [0.717, 1.165) is 5.57 Å². The van der Waals surface area contributed by atoms with Gasteiger partial charge in [-0.05, 0) is 48.7 Å². The molecule has 3 fully saturated rings. The van der Waals surface area contributed by atoms with Gasteiger partial charge in [-0.2, -0.15) is 0 Å². The van der Waals surface area contributed by atoms with E-state index in [2.05, 4.69) is 6.58 Å². The van der Waals surface area contributed by atoms with Gasteiger partial charge in [0.2, 0.25) is 5.78 Å². The lowest BCUT2D eigenvalue weighted by molar-refractivity contribution is -0.133. The molecule has 4 aliphatic carbocycles. The summed E-state index contributed by atoms with van der Waals surface area (Å²) < 4.78 is 29.0. The van der Waals surface area contributed by atoms with E-state index in [4.69, 9.17) is 0 Å². The molecule has 7 atom stereocenters. The van der Waals surface area contributed by atoms with Crippen LogP contribution in [0.1, 0.15) is 40.0 Å². The number of alkyl halides is 1. The second-order valence-corrected chi connectivity index (χ2v) is 8.77. The zero-order valence-corrected chi connectivity index (χ0v) is 14.9. The summed E-state index contributed by atoms with van der Waals surface area (Å²) in [5.74, 6) is -1.84. The van der Waals surface area contributed by atoms with Gasteiger partial charge in [-0.15, -0.1) is 0 Å². The molecule has 2 unspecified atom stereocenters. The molecule has 134 valence electrons. The van der Waals surface area contributed by atoms with Crippen LogP contribution < -0.4 is 0 Å². The third-order valence-corrected chi connectivity index (χ3v) is 7.77. The van der Waals surface area contributed by atoms with Crippen molar-refractivity contribution in [2.75, 3.05) is 0 Å². The van der Waals surface area contributed by atoms with Gasteiger partial charge in [0.15, 0.2) is 17.8 Å². The van der Waals surface area contributed by atoms with Gasteiger partial charge < -0.3 is 0 Å². The quantitative estimate of drug-likeness (QED) is 0.604. The predicted octanol–water partition coefficient (Wildman–Crippen LogP) is 4.52. The summed E-state index contributed by atoms with van der Waals surface area (Å²) in [7, 11) is 0. The molecule has 3 saturated carbocycles. The molecule has 0 heterocycles. The number of fused-ring (bicyclic) bond motifs is 5. The highest BCUT2D eigenvalue weighted by Crippen LogP contribution is 2.66. The first-order chi connectivity index (χ1) is 11.6. The van der Waals surface area contributed by atoms with E-state index < -0.39 is 28.6 Å². The zero-order valence-electron chi connectivity index (χ0n) is 14.9. The van der Waals surface area contributed by atoms with Gasteiger partial charge in [0.05, 0.1) is 0 Å². The van der Waals surface area contributed by atoms with E-state index in [9.17, 15) is 18.4 Å². The Hall–Kier alpha value is -1.58. The summed E-state index contributed by atoms with van der Waals surface area (Å²) in [5.41, 5.74) is 0.167. The number of ketones is 2. The van der Waals surface area contributed by atoms with Crippen molar-refractivity contribution >= 4 is 11.6 Å². The molecule has 0 aliphatic heterocycles. The van der Waals surface area contributed by atoms with Gasteiger partial charge >= 0.3 is 0 Å². The minimum atomic E-state index is -1.40. The molecule has 25 heavy (non-hydrogen) atoms. The Morgan fingerprint density at radius 2 is 1.92 bits per heavy atom. The number of hydrogen-bond acceptors (Lipinski definition) is 2.